The summed E-state index contributed by atoms with van der Waals surface area (Å²) >= 11 is 0. The summed E-state index contributed by atoms with van der Waals surface area (Å²) in [7, 11) is 2.38. The number of phenolic OH excluding ortho intramolecular Hbond substituents is 1. The molecule has 0 bridgehead atoms. The quantitative estimate of drug-likeness (QED) is 0.584. The van der Waals surface area contributed by atoms with E-state index in [1.54, 1.807) is 6.07 Å². The van der Waals surface area contributed by atoms with Crippen molar-refractivity contribution in [1.29, 1.82) is 0 Å². The van der Waals surface area contributed by atoms with Gasteiger partial charge in [0.05, 0.1) is 33.4 Å². The lowest BCUT2D eigenvalue weighted by atomic mass is 9.75. The van der Waals surface area contributed by atoms with Crippen molar-refractivity contribution in [3.05, 3.63) is 47.0 Å². The molecule has 0 radical (unpaired) electrons. The average Bonchev–Trinajstić information content (AvgIpc) is 2.65. The molecule has 1 aliphatic carbocycles. The standard InChI is InChI=1S/C23H28FNO2/c1-3-10-25(2)11-8-17-13-18(27-12-5-9-24)15-19-22(17)20(25)14-16-6-4-7-21(26)23(16)19/h4,6-7,13,15,20H,3,5,8-12,14H2,1-2H3/p+1. The topological polar surface area (TPSA) is 29.5 Å². The van der Waals surface area contributed by atoms with Gasteiger partial charge >= 0.3 is 0 Å². The molecule has 0 amide bonds. The van der Waals surface area contributed by atoms with Crippen molar-refractivity contribution < 1.29 is 18.7 Å². The maximum Gasteiger partial charge on any atom is 0.123 e. The van der Waals surface area contributed by atoms with Gasteiger partial charge in [-0.3, -0.25) is 4.39 Å². The summed E-state index contributed by atoms with van der Waals surface area (Å²) in [6.07, 6.45) is 3.54. The largest absolute Gasteiger partial charge is 0.507 e. The fourth-order valence-corrected chi connectivity index (χ4v) is 5.04. The number of fused-ring (bicyclic) bond motifs is 2. The Morgan fingerprint density at radius 1 is 1.26 bits per heavy atom. The SMILES string of the molecule is CCC[N+]1(C)CCc2cc(OCCCF)cc3c2C1Cc1cccc(O)c1-3. The van der Waals surface area contributed by atoms with E-state index in [-0.39, 0.29) is 6.67 Å². The van der Waals surface area contributed by atoms with Gasteiger partial charge in [-0.05, 0) is 41.3 Å². The first-order chi connectivity index (χ1) is 13.1. The summed E-state index contributed by atoms with van der Waals surface area (Å²) in [5.41, 5.74) is 5.97. The number of quaternary nitrogens is 1. The molecule has 4 rings (SSSR count). The van der Waals surface area contributed by atoms with Crippen LogP contribution in [0.5, 0.6) is 11.5 Å². The van der Waals surface area contributed by atoms with Crippen LogP contribution in [0.2, 0.25) is 0 Å². The third-order valence-electron chi connectivity index (χ3n) is 6.31. The van der Waals surface area contributed by atoms with Gasteiger partial charge in [0.2, 0.25) is 0 Å². The number of benzene rings is 2. The van der Waals surface area contributed by atoms with Crippen LogP contribution in [0.25, 0.3) is 11.1 Å². The van der Waals surface area contributed by atoms with Crippen LogP contribution in [0.15, 0.2) is 30.3 Å². The molecule has 2 aliphatic rings. The van der Waals surface area contributed by atoms with Crippen molar-refractivity contribution >= 4 is 0 Å². The number of hydrogen-bond acceptors (Lipinski definition) is 2. The molecule has 1 aliphatic heterocycles. The molecule has 2 aromatic rings. The van der Waals surface area contributed by atoms with Crippen molar-refractivity contribution in [2.75, 3.05) is 33.4 Å². The molecule has 0 saturated heterocycles. The number of hydrogen-bond donors (Lipinski definition) is 1. The lowest BCUT2D eigenvalue weighted by Crippen LogP contribution is -2.53. The smallest absolute Gasteiger partial charge is 0.123 e. The van der Waals surface area contributed by atoms with E-state index < -0.39 is 0 Å². The number of alkyl halides is 1. The normalized spacial score (nSPS) is 22.9. The lowest BCUT2D eigenvalue weighted by Gasteiger charge is -2.48. The Hall–Kier alpha value is -2.07. The fraction of sp³-hybridized carbons (Fsp3) is 0.478. The average molecular weight is 370 g/mol. The Labute approximate surface area is 161 Å². The minimum Gasteiger partial charge on any atom is -0.507 e. The number of rotatable bonds is 6. The zero-order valence-electron chi connectivity index (χ0n) is 16.3. The Morgan fingerprint density at radius 2 is 2.11 bits per heavy atom. The monoisotopic (exact) mass is 370 g/mol. The highest BCUT2D eigenvalue weighted by Crippen LogP contribution is 2.51. The van der Waals surface area contributed by atoms with Gasteiger partial charge in [-0.1, -0.05) is 19.1 Å². The van der Waals surface area contributed by atoms with Crippen molar-refractivity contribution in [3.8, 4) is 22.6 Å². The van der Waals surface area contributed by atoms with E-state index in [0.717, 1.165) is 53.7 Å². The van der Waals surface area contributed by atoms with Gasteiger partial charge in [0.15, 0.2) is 0 Å². The van der Waals surface area contributed by atoms with Crippen LogP contribution >= 0.6 is 0 Å². The number of ether oxygens (including phenoxy) is 1. The number of likely N-dealkylation sites (N-methyl/N-ethyl adjacent to an activating group) is 1. The highest BCUT2D eigenvalue weighted by Gasteiger charge is 2.43. The Balaban J connectivity index is 1.86. The van der Waals surface area contributed by atoms with Crippen LogP contribution in [-0.4, -0.2) is 43.0 Å². The van der Waals surface area contributed by atoms with E-state index >= 15 is 0 Å². The van der Waals surface area contributed by atoms with Gasteiger partial charge < -0.3 is 14.3 Å². The van der Waals surface area contributed by atoms with Crippen molar-refractivity contribution in [3.63, 3.8) is 0 Å². The van der Waals surface area contributed by atoms with Gasteiger partial charge in [0.1, 0.15) is 17.5 Å². The van der Waals surface area contributed by atoms with Crippen LogP contribution in [0, 0.1) is 0 Å². The summed E-state index contributed by atoms with van der Waals surface area (Å²) in [6.45, 7) is 4.55. The molecule has 0 fully saturated rings. The molecular weight excluding hydrogens is 341 g/mol. The fourth-order valence-electron chi connectivity index (χ4n) is 5.04. The summed E-state index contributed by atoms with van der Waals surface area (Å²) in [5.74, 6) is 1.13. The summed E-state index contributed by atoms with van der Waals surface area (Å²) in [6, 6.07) is 10.5. The molecule has 4 heteroatoms. The van der Waals surface area contributed by atoms with Crippen LogP contribution in [0.1, 0.15) is 42.5 Å². The summed E-state index contributed by atoms with van der Waals surface area (Å²) < 4.78 is 19.4. The third kappa shape index (κ3) is 3.10. The van der Waals surface area contributed by atoms with Gasteiger partial charge in [0, 0.05) is 30.4 Å². The Morgan fingerprint density at radius 3 is 2.89 bits per heavy atom. The van der Waals surface area contributed by atoms with E-state index in [2.05, 4.69) is 32.2 Å². The molecular formula is C23H29FNO2+. The van der Waals surface area contributed by atoms with Crippen LogP contribution in [0.3, 0.4) is 0 Å². The van der Waals surface area contributed by atoms with Crippen LogP contribution in [-0.2, 0) is 12.8 Å². The molecule has 0 spiro atoms. The molecule has 3 nitrogen and oxygen atoms in total. The number of nitrogens with zero attached hydrogens (tertiary/aromatic N) is 1. The zero-order valence-corrected chi connectivity index (χ0v) is 16.3. The minimum absolute atomic E-state index is 0.337. The summed E-state index contributed by atoms with van der Waals surface area (Å²) in [5, 5.41) is 10.6. The van der Waals surface area contributed by atoms with E-state index in [4.69, 9.17) is 4.74 Å². The van der Waals surface area contributed by atoms with Gasteiger partial charge in [0.25, 0.3) is 0 Å². The first-order valence-corrected chi connectivity index (χ1v) is 10.1. The first kappa shape index (κ1) is 18.3. The number of halogens is 1. The minimum atomic E-state index is -0.365. The number of aromatic hydroxyl groups is 1. The molecule has 1 heterocycles. The van der Waals surface area contributed by atoms with E-state index in [1.807, 2.05) is 6.07 Å². The van der Waals surface area contributed by atoms with Gasteiger partial charge in [-0.15, -0.1) is 0 Å². The maximum absolute atomic E-state index is 12.5. The molecule has 1 N–H and O–H groups in total. The predicted octanol–water partition coefficient (Wildman–Crippen LogP) is 4.81. The highest BCUT2D eigenvalue weighted by molar-refractivity contribution is 5.81. The van der Waals surface area contributed by atoms with Crippen LogP contribution < -0.4 is 4.74 Å². The number of phenols is 1. The lowest BCUT2D eigenvalue weighted by molar-refractivity contribution is -0.941. The van der Waals surface area contributed by atoms with E-state index in [9.17, 15) is 9.50 Å². The second-order valence-corrected chi connectivity index (χ2v) is 8.14. The molecule has 2 aromatic carbocycles. The third-order valence-corrected chi connectivity index (χ3v) is 6.31. The Bertz CT molecular complexity index is 851. The van der Waals surface area contributed by atoms with E-state index in [0.29, 0.717) is 24.8 Å². The predicted molar refractivity (Wildman–Crippen MR) is 106 cm³/mol. The van der Waals surface area contributed by atoms with Crippen molar-refractivity contribution in [2.45, 2.75) is 38.6 Å². The molecule has 27 heavy (non-hydrogen) atoms. The molecule has 2 atom stereocenters. The van der Waals surface area contributed by atoms with E-state index in [1.165, 1.54) is 16.7 Å². The van der Waals surface area contributed by atoms with Crippen LogP contribution in [0.4, 0.5) is 4.39 Å². The highest BCUT2D eigenvalue weighted by atomic mass is 19.1. The first-order valence-electron chi connectivity index (χ1n) is 10.1. The zero-order chi connectivity index (χ0) is 19.0. The van der Waals surface area contributed by atoms with Crippen molar-refractivity contribution in [2.24, 2.45) is 0 Å². The Kier molecular flexibility index (Phi) is 4.85. The summed E-state index contributed by atoms with van der Waals surface area (Å²) in [4.78, 5) is 0. The van der Waals surface area contributed by atoms with Gasteiger partial charge in [-0.25, -0.2) is 0 Å². The van der Waals surface area contributed by atoms with Gasteiger partial charge in [-0.2, -0.15) is 0 Å². The molecule has 0 saturated carbocycles. The maximum atomic E-state index is 12.5. The second kappa shape index (κ2) is 7.16. The molecule has 144 valence electrons. The van der Waals surface area contributed by atoms with Crippen molar-refractivity contribution in [1.82, 2.24) is 0 Å². The molecule has 0 aromatic heterocycles. The molecule has 2 unspecified atom stereocenters. The second-order valence-electron chi connectivity index (χ2n) is 8.14.